The van der Waals surface area contributed by atoms with Crippen molar-refractivity contribution in [2.45, 2.75) is 6.54 Å². The molecule has 0 unspecified atom stereocenters. The minimum absolute atomic E-state index is 0.0721. The van der Waals surface area contributed by atoms with Crippen LogP contribution in [0, 0.1) is 0 Å². The van der Waals surface area contributed by atoms with Crippen LogP contribution in [0.4, 0.5) is 5.69 Å². The maximum absolute atomic E-state index is 11.1. The first kappa shape index (κ1) is 15.7. The van der Waals surface area contributed by atoms with E-state index in [2.05, 4.69) is 21.2 Å². The van der Waals surface area contributed by atoms with Gasteiger partial charge in [0, 0.05) is 22.3 Å². The number of methoxy groups -OCH3 is 1. The van der Waals surface area contributed by atoms with Gasteiger partial charge in [-0.15, -0.1) is 0 Å². The van der Waals surface area contributed by atoms with E-state index < -0.39 is 5.97 Å². The van der Waals surface area contributed by atoms with E-state index in [4.69, 9.17) is 21.4 Å². The first-order valence-corrected chi connectivity index (χ1v) is 7.27. The zero-order valence-corrected chi connectivity index (χ0v) is 13.5. The minimum atomic E-state index is -1.05. The Morgan fingerprint density at radius 3 is 2.76 bits per heavy atom. The van der Waals surface area contributed by atoms with Crippen molar-refractivity contribution >= 4 is 39.2 Å². The molecule has 2 aromatic carbocycles. The lowest BCUT2D eigenvalue weighted by Gasteiger charge is -2.12. The average molecular weight is 371 g/mol. The monoisotopic (exact) mass is 369 g/mol. The minimum Gasteiger partial charge on any atom is -0.496 e. The quantitative estimate of drug-likeness (QED) is 0.818. The second-order valence-corrected chi connectivity index (χ2v) is 5.63. The van der Waals surface area contributed by atoms with Gasteiger partial charge in [0.1, 0.15) is 5.75 Å². The predicted molar refractivity (Wildman–Crippen MR) is 86.4 cm³/mol. The lowest BCUT2D eigenvalue weighted by atomic mass is 10.1. The number of carboxylic acid groups (broad SMARTS) is 1. The van der Waals surface area contributed by atoms with E-state index in [1.165, 1.54) is 6.07 Å². The molecular formula is C15H13BrClNO3. The molecule has 0 aliphatic heterocycles. The Morgan fingerprint density at radius 2 is 2.10 bits per heavy atom. The molecule has 2 rings (SSSR count). The summed E-state index contributed by atoms with van der Waals surface area (Å²) in [5, 5.41) is 12.4. The van der Waals surface area contributed by atoms with Crippen molar-refractivity contribution in [2.24, 2.45) is 0 Å². The number of halogens is 2. The van der Waals surface area contributed by atoms with Crippen LogP contribution in [0.1, 0.15) is 15.9 Å². The number of aromatic carboxylic acids is 1. The summed E-state index contributed by atoms with van der Waals surface area (Å²) in [6.45, 7) is 0.503. The van der Waals surface area contributed by atoms with Gasteiger partial charge in [0.25, 0.3) is 0 Å². The van der Waals surface area contributed by atoms with Crippen LogP contribution in [0.25, 0.3) is 0 Å². The molecule has 0 fully saturated rings. The molecule has 0 radical (unpaired) electrons. The highest BCUT2D eigenvalue weighted by atomic mass is 79.9. The number of hydrogen-bond donors (Lipinski definition) is 2. The fourth-order valence-corrected chi connectivity index (χ4v) is 2.49. The first-order valence-electron chi connectivity index (χ1n) is 6.10. The number of benzene rings is 2. The van der Waals surface area contributed by atoms with Gasteiger partial charge in [-0.3, -0.25) is 0 Å². The number of carboxylic acids is 1. The van der Waals surface area contributed by atoms with Crippen molar-refractivity contribution in [3.05, 3.63) is 57.0 Å². The van der Waals surface area contributed by atoms with Crippen molar-refractivity contribution in [1.82, 2.24) is 0 Å². The molecule has 0 saturated carbocycles. The largest absolute Gasteiger partial charge is 0.496 e. The highest BCUT2D eigenvalue weighted by Gasteiger charge is 2.10. The Labute approximate surface area is 135 Å². The van der Waals surface area contributed by atoms with Gasteiger partial charge in [0.05, 0.1) is 17.7 Å². The summed E-state index contributed by atoms with van der Waals surface area (Å²) in [6.07, 6.45) is 0. The first-order chi connectivity index (χ1) is 10.0. The van der Waals surface area contributed by atoms with Gasteiger partial charge in [-0.1, -0.05) is 27.5 Å². The van der Waals surface area contributed by atoms with E-state index >= 15 is 0 Å². The van der Waals surface area contributed by atoms with E-state index in [9.17, 15) is 4.79 Å². The second-order valence-electron chi connectivity index (χ2n) is 4.31. The highest BCUT2D eigenvalue weighted by Crippen LogP contribution is 2.25. The molecule has 0 aromatic heterocycles. The molecule has 2 aromatic rings. The smallest absolute Gasteiger partial charge is 0.337 e. The standard InChI is InChI=1S/C15H13BrClNO3/c1-21-14-5-2-10(16)6-9(14)8-18-11-3-4-13(17)12(7-11)15(19)20/h2-7,18H,8H2,1H3,(H,19,20). The van der Waals surface area contributed by atoms with E-state index in [0.717, 1.165) is 15.8 Å². The van der Waals surface area contributed by atoms with Gasteiger partial charge >= 0.3 is 5.97 Å². The fraction of sp³-hybridized carbons (Fsp3) is 0.133. The summed E-state index contributed by atoms with van der Waals surface area (Å²) < 4.78 is 6.24. The number of carbonyl (C=O) groups is 1. The van der Waals surface area contributed by atoms with Crippen LogP contribution in [0.2, 0.25) is 5.02 Å². The Morgan fingerprint density at radius 1 is 1.33 bits per heavy atom. The van der Waals surface area contributed by atoms with Gasteiger partial charge in [-0.25, -0.2) is 4.79 Å². The third-order valence-electron chi connectivity index (χ3n) is 2.92. The predicted octanol–water partition coefficient (Wildman–Crippen LogP) is 4.42. The Bertz CT molecular complexity index is 676. The van der Waals surface area contributed by atoms with E-state index in [0.29, 0.717) is 12.2 Å². The second kappa shape index (κ2) is 6.83. The highest BCUT2D eigenvalue weighted by molar-refractivity contribution is 9.10. The van der Waals surface area contributed by atoms with Crippen molar-refractivity contribution < 1.29 is 14.6 Å². The number of anilines is 1. The zero-order valence-electron chi connectivity index (χ0n) is 11.2. The molecule has 0 heterocycles. The molecule has 21 heavy (non-hydrogen) atoms. The molecule has 2 N–H and O–H groups in total. The van der Waals surface area contributed by atoms with E-state index in [1.54, 1.807) is 19.2 Å². The lowest BCUT2D eigenvalue weighted by molar-refractivity contribution is 0.0697. The maximum atomic E-state index is 11.1. The number of nitrogens with one attached hydrogen (secondary N) is 1. The van der Waals surface area contributed by atoms with Crippen LogP contribution >= 0.6 is 27.5 Å². The molecule has 4 nitrogen and oxygen atoms in total. The summed E-state index contributed by atoms with van der Waals surface area (Å²) in [5.74, 6) is -0.290. The fourth-order valence-electron chi connectivity index (χ4n) is 1.88. The third kappa shape index (κ3) is 3.89. The molecule has 0 amide bonds. The molecule has 0 saturated heterocycles. The third-order valence-corrected chi connectivity index (χ3v) is 3.75. The molecule has 6 heteroatoms. The molecule has 0 bridgehead atoms. The van der Waals surface area contributed by atoms with Gasteiger partial charge in [-0.2, -0.15) is 0 Å². The number of hydrogen-bond acceptors (Lipinski definition) is 3. The Kier molecular flexibility index (Phi) is 5.09. The van der Waals surface area contributed by atoms with Crippen molar-refractivity contribution in [1.29, 1.82) is 0 Å². The molecular weight excluding hydrogens is 358 g/mol. The van der Waals surface area contributed by atoms with E-state index in [1.807, 2.05) is 18.2 Å². The van der Waals surface area contributed by atoms with Gasteiger partial charge in [0.2, 0.25) is 0 Å². The SMILES string of the molecule is COc1ccc(Br)cc1CNc1ccc(Cl)c(C(=O)O)c1. The van der Waals surface area contributed by atoms with Crippen LogP contribution in [-0.2, 0) is 6.54 Å². The lowest BCUT2D eigenvalue weighted by Crippen LogP contribution is -2.04. The molecule has 0 aliphatic carbocycles. The van der Waals surface area contributed by atoms with Gasteiger partial charge in [-0.05, 0) is 36.4 Å². The van der Waals surface area contributed by atoms with Gasteiger partial charge < -0.3 is 15.2 Å². The normalized spacial score (nSPS) is 10.2. The summed E-state index contributed by atoms with van der Waals surface area (Å²) >= 11 is 9.26. The Balaban J connectivity index is 2.19. The van der Waals surface area contributed by atoms with Crippen molar-refractivity contribution in [3.8, 4) is 5.75 Å². The summed E-state index contributed by atoms with van der Waals surface area (Å²) in [4.78, 5) is 11.1. The van der Waals surface area contributed by atoms with Crippen LogP contribution in [0.3, 0.4) is 0 Å². The molecule has 0 spiro atoms. The van der Waals surface area contributed by atoms with Crippen molar-refractivity contribution in [3.63, 3.8) is 0 Å². The van der Waals surface area contributed by atoms with E-state index in [-0.39, 0.29) is 10.6 Å². The van der Waals surface area contributed by atoms with Crippen LogP contribution in [0.5, 0.6) is 5.75 Å². The topological polar surface area (TPSA) is 58.6 Å². The summed E-state index contributed by atoms with van der Waals surface area (Å²) in [5.41, 5.74) is 1.71. The zero-order chi connectivity index (χ0) is 15.4. The number of rotatable bonds is 5. The maximum Gasteiger partial charge on any atom is 0.337 e. The molecule has 0 atom stereocenters. The van der Waals surface area contributed by atoms with Crippen molar-refractivity contribution in [2.75, 3.05) is 12.4 Å². The Hall–Kier alpha value is -1.72. The summed E-state index contributed by atoms with van der Waals surface area (Å²) in [7, 11) is 1.61. The summed E-state index contributed by atoms with van der Waals surface area (Å²) in [6, 6.07) is 10.5. The molecule has 0 aliphatic rings. The average Bonchev–Trinajstić information content (AvgIpc) is 2.46. The van der Waals surface area contributed by atoms with Gasteiger partial charge in [0.15, 0.2) is 0 Å². The molecule has 110 valence electrons. The number of ether oxygens (including phenoxy) is 1. The van der Waals surface area contributed by atoms with Crippen LogP contribution < -0.4 is 10.1 Å². The van der Waals surface area contributed by atoms with Crippen LogP contribution in [0.15, 0.2) is 40.9 Å². The van der Waals surface area contributed by atoms with Crippen LogP contribution in [-0.4, -0.2) is 18.2 Å².